The van der Waals surface area contributed by atoms with Crippen molar-refractivity contribution in [3.05, 3.63) is 0 Å². The summed E-state index contributed by atoms with van der Waals surface area (Å²) in [6.07, 6.45) is 6.62. The Morgan fingerprint density at radius 2 is 1.90 bits per heavy atom. The number of likely N-dealkylation sites (tertiary alicyclic amines) is 1. The van der Waals surface area contributed by atoms with Crippen molar-refractivity contribution in [2.45, 2.75) is 64.5 Å². The molecular formula is C16H31N3O. The molecule has 0 spiro atoms. The minimum Gasteiger partial charge on any atom is -0.353 e. The molecule has 0 bridgehead atoms. The van der Waals surface area contributed by atoms with Gasteiger partial charge in [-0.3, -0.25) is 4.79 Å². The molecule has 2 aliphatic rings. The number of hydrogen-bond acceptors (Lipinski definition) is 3. The van der Waals surface area contributed by atoms with Crippen LogP contribution < -0.4 is 11.1 Å². The first kappa shape index (κ1) is 15.8. The molecule has 0 aromatic heterocycles. The van der Waals surface area contributed by atoms with Gasteiger partial charge in [-0.25, -0.2) is 0 Å². The van der Waals surface area contributed by atoms with Crippen LogP contribution in [0.3, 0.4) is 0 Å². The van der Waals surface area contributed by atoms with E-state index >= 15 is 0 Å². The van der Waals surface area contributed by atoms with Crippen LogP contribution in [0.25, 0.3) is 0 Å². The van der Waals surface area contributed by atoms with Crippen molar-refractivity contribution >= 4 is 5.91 Å². The molecule has 4 heteroatoms. The predicted octanol–water partition coefficient (Wildman–Crippen LogP) is 1.74. The van der Waals surface area contributed by atoms with Crippen LogP contribution in [0.2, 0.25) is 0 Å². The average molecular weight is 281 g/mol. The van der Waals surface area contributed by atoms with Gasteiger partial charge in [0, 0.05) is 31.6 Å². The lowest BCUT2D eigenvalue weighted by Crippen LogP contribution is -2.45. The highest BCUT2D eigenvalue weighted by molar-refractivity contribution is 5.76. The second kappa shape index (κ2) is 7.41. The SMILES string of the molecule is CC(C)C[C@H](CN)CC(=O)NC1CCN(C2CC2)CC1. The van der Waals surface area contributed by atoms with E-state index in [2.05, 4.69) is 24.1 Å². The first-order valence-corrected chi connectivity index (χ1v) is 8.32. The van der Waals surface area contributed by atoms with E-state index in [4.69, 9.17) is 5.73 Å². The van der Waals surface area contributed by atoms with Crippen molar-refractivity contribution in [1.82, 2.24) is 10.2 Å². The van der Waals surface area contributed by atoms with Crippen molar-refractivity contribution in [3.8, 4) is 0 Å². The molecule has 1 heterocycles. The third-order valence-corrected chi connectivity index (χ3v) is 4.57. The standard InChI is InChI=1S/C16H31N3O/c1-12(2)9-13(11-17)10-16(20)18-14-5-7-19(8-6-14)15-3-4-15/h12-15H,3-11,17H2,1-2H3,(H,18,20)/t13-/m0/s1. The van der Waals surface area contributed by atoms with Gasteiger partial charge in [0.2, 0.25) is 5.91 Å². The quantitative estimate of drug-likeness (QED) is 0.747. The van der Waals surface area contributed by atoms with E-state index in [1.807, 2.05) is 0 Å². The molecule has 116 valence electrons. The molecule has 4 nitrogen and oxygen atoms in total. The van der Waals surface area contributed by atoms with E-state index in [0.717, 1.165) is 38.4 Å². The Hall–Kier alpha value is -0.610. The van der Waals surface area contributed by atoms with Gasteiger partial charge in [0.25, 0.3) is 0 Å². The van der Waals surface area contributed by atoms with E-state index in [9.17, 15) is 4.79 Å². The van der Waals surface area contributed by atoms with Gasteiger partial charge in [-0.05, 0) is 50.5 Å². The fraction of sp³-hybridized carbons (Fsp3) is 0.938. The molecule has 1 aliphatic carbocycles. The summed E-state index contributed by atoms with van der Waals surface area (Å²) in [7, 11) is 0. The van der Waals surface area contributed by atoms with Crippen LogP contribution in [0.4, 0.5) is 0 Å². The largest absolute Gasteiger partial charge is 0.353 e. The Kier molecular flexibility index (Phi) is 5.85. The van der Waals surface area contributed by atoms with Gasteiger partial charge in [-0.2, -0.15) is 0 Å². The highest BCUT2D eigenvalue weighted by Gasteiger charge is 2.32. The van der Waals surface area contributed by atoms with Crippen molar-refractivity contribution < 1.29 is 4.79 Å². The number of carbonyl (C=O) groups is 1. The zero-order valence-corrected chi connectivity index (χ0v) is 13.1. The molecule has 1 atom stereocenters. The van der Waals surface area contributed by atoms with E-state index in [1.165, 1.54) is 12.8 Å². The highest BCUT2D eigenvalue weighted by Crippen LogP contribution is 2.29. The fourth-order valence-corrected chi connectivity index (χ4v) is 3.33. The number of rotatable bonds is 7. The summed E-state index contributed by atoms with van der Waals surface area (Å²) < 4.78 is 0. The molecule has 0 unspecified atom stereocenters. The maximum atomic E-state index is 12.1. The number of amides is 1. The lowest BCUT2D eigenvalue weighted by molar-refractivity contribution is -0.123. The predicted molar refractivity (Wildman–Crippen MR) is 82.4 cm³/mol. The normalized spacial score (nSPS) is 23.0. The molecular weight excluding hydrogens is 250 g/mol. The second-order valence-electron chi connectivity index (χ2n) is 7.04. The third kappa shape index (κ3) is 5.06. The third-order valence-electron chi connectivity index (χ3n) is 4.57. The van der Waals surface area contributed by atoms with Crippen molar-refractivity contribution in [3.63, 3.8) is 0 Å². The summed E-state index contributed by atoms with van der Waals surface area (Å²) in [4.78, 5) is 14.7. The summed E-state index contributed by atoms with van der Waals surface area (Å²) in [6.45, 7) is 7.30. The first-order chi connectivity index (χ1) is 9.58. The molecule has 0 aromatic rings. The summed E-state index contributed by atoms with van der Waals surface area (Å²) in [5, 5.41) is 3.22. The van der Waals surface area contributed by atoms with Gasteiger partial charge in [0.1, 0.15) is 0 Å². The van der Waals surface area contributed by atoms with Crippen LogP contribution in [-0.2, 0) is 4.79 Å². The molecule has 1 saturated heterocycles. The summed E-state index contributed by atoms with van der Waals surface area (Å²) >= 11 is 0. The monoisotopic (exact) mass is 281 g/mol. The topological polar surface area (TPSA) is 58.4 Å². The molecule has 1 amide bonds. The van der Waals surface area contributed by atoms with Crippen LogP contribution >= 0.6 is 0 Å². The highest BCUT2D eigenvalue weighted by atomic mass is 16.1. The molecule has 1 aliphatic heterocycles. The molecule has 2 rings (SSSR count). The van der Waals surface area contributed by atoms with E-state index < -0.39 is 0 Å². The fourth-order valence-electron chi connectivity index (χ4n) is 3.33. The minimum absolute atomic E-state index is 0.200. The van der Waals surface area contributed by atoms with Gasteiger partial charge in [-0.15, -0.1) is 0 Å². The summed E-state index contributed by atoms with van der Waals surface area (Å²) in [6, 6.07) is 1.24. The van der Waals surface area contributed by atoms with Crippen LogP contribution in [0, 0.1) is 11.8 Å². The zero-order valence-electron chi connectivity index (χ0n) is 13.1. The first-order valence-electron chi connectivity index (χ1n) is 8.32. The Labute approximate surface area is 123 Å². The maximum Gasteiger partial charge on any atom is 0.220 e. The molecule has 1 saturated carbocycles. The lowest BCUT2D eigenvalue weighted by atomic mass is 9.93. The van der Waals surface area contributed by atoms with Gasteiger partial charge >= 0.3 is 0 Å². The van der Waals surface area contributed by atoms with Gasteiger partial charge in [0.05, 0.1) is 0 Å². The van der Waals surface area contributed by atoms with Crippen molar-refractivity contribution in [2.24, 2.45) is 17.6 Å². The average Bonchev–Trinajstić information content (AvgIpc) is 3.22. The van der Waals surface area contributed by atoms with E-state index in [-0.39, 0.29) is 5.91 Å². The van der Waals surface area contributed by atoms with Gasteiger partial charge in [0.15, 0.2) is 0 Å². The number of nitrogens with one attached hydrogen (secondary N) is 1. The zero-order chi connectivity index (χ0) is 14.5. The maximum absolute atomic E-state index is 12.1. The lowest BCUT2D eigenvalue weighted by Gasteiger charge is -2.32. The summed E-state index contributed by atoms with van der Waals surface area (Å²) in [5.41, 5.74) is 5.77. The number of nitrogens with zero attached hydrogens (tertiary/aromatic N) is 1. The van der Waals surface area contributed by atoms with E-state index in [1.54, 1.807) is 0 Å². The molecule has 0 aromatic carbocycles. The number of hydrogen-bond donors (Lipinski definition) is 2. The molecule has 3 N–H and O–H groups in total. The van der Waals surface area contributed by atoms with Gasteiger partial charge in [-0.1, -0.05) is 13.8 Å². The molecule has 2 fully saturated rings. The smallest absolute Gasteiger partial charge is 0.220 e. The van der Waals surface area contributed by atoms with Crippen LogP contribution in [0.5, 0.6) is 0 Å². The summed E-state index contributed by atoms with van der Waals surface area (Å²) in [5.74, 6) is 1.14. The van der Waals surface area contributed by atoms with Crippen LogP contribution in [0.1, 0.15) is 52.4 Å². The molecule has 20 heavy (non-hydrogen) atoms. The Morgan fingerprint density at radius 3 is 2.40 bits per heavy atom. The van der Waals surface area contributed by atoms with Crippen LogP contribution in [-0.4, -0.2) is 42.5 Å². The number of piperidine rings is 1. The van der Waals surface area contributed by atoms with Crippen molar-refractivity contribution in [2.75, 3.05) is 19.6 Å². The van der Waals surface area contributed by atoms with Crippen molar-refractivity contribution in [1.29, 1.82) is 0 Å². The Balaban J connectivity index is 1.66. The second-order valence-corrected chi connectivity index (χ2v) is 7.04. The van der Waals surface area contributed by atoms with Gasteiger partial charge < -0.3 is 16.0 Å². The van der Waals surface area contributed by atoms with E-state index in [0.29, 0.717) is 30.8 Å². The number of nitrogens with two attached hydrogens (primary N) is 1. The Bertz CT molecular complexity index is 307. The number of carbonyl (C=O) groups excluding carboxylic acids is 1. The minimum atomic E-state index is 0.200. The molecule has 0 radical (unpaired) electrons. The Morgan fingerprint density at radius 1 is 1.25 bits per heavy atom. The van der Waals surface area contributed by atoms with Crippen LogP contribution in [0.15, 0.2) is 0 Å².